The van der Waals surface area contributed by atoms with Crippen molar-refractivity contribution in [3.8, 4) is 0 Å². The highest BCUT2D eigenvalue weighted by Gasteiger charge is 2.22. The summed E-state index contributed by atoms with van der Waals surface area (Å²) in [6.45, 7) is 3.52. The van der Waals surface area contributed by atoms with Gasteiger partial charge >= 0.3 is 0 Å². The minimum atomic E-state index is -1.01. The Balaban J connectivity index is 2.63. The number of rotatable bonds is 2. The first-order valence-electron chi connectivity index (χ1n) is 5.77. The summed E-state index contributed by atoms with van der Waals surface area (Å²) in [6.07, 6.45) is 0. The molecule has 0 aromatic heterocycles. The highest BCUT2D eigenvalue weighted by molar-refractivity contribution is 6.10. The maximum Gasteiger partial charge on any atom is 0.199 e. The quantitative estimate of drug-likeness (QED) is 0.665. The van der Waals surface area contributed by atoms with Crippen molar-refractivity contribution < 1.29 is 13.6 Å². The van der Waals surface area contributed by atoms with Crippen molar-refractivity contribution in [2.24, 2.45) is 0 Å². The number of halogens is 2. The molecule has 2 N–H and O–H groups in total. The van der Waals surface area contributed by atoms with Crippen molar-refractivity contribution in [3.63, 3.8) is 0 Å². The highest BCUT2D eigenvalue weighted by atomic mass is 19.1. The lowest BCUT2D eigenvalue weighted by atomic mass is 9.96. The van der Waals surface area contributed by atoms with Gasteiger partial charge in [-0.3, -0.25) is 4.79 Å². The fraction of sp³-hybridized carbons (Fsp3) is 0.133. The van der Waals surface area contributed by atoms with Gasteiger partial charge in [0, 0.05) is 5.56 Å². The van der Waals surface area contributed by atoms with Gasteiger partial charge in [-0.15, -0.1) is 0 Å². The fourth-order valence-corrected chi connectivity index (χ4v) is 1.89. The summed E-state index contributed by atoms with van der Waals surface area (Å²) >= 11 is 0. The Kier molecular flexibility index (Phi) is 3.34. The number of anilines is 1. The van der Waals surface area contributed by atoms with Crippen LogP contribution in [0, 0.1) is 25.5 Å². The van der Waals surface area contributed by atoms with Gasteiger partial charge in [-0.05, 0) is 37.6 Å². The van der Waals surface area contributed by atoms with Crippen molar-refractivity contribution in [1.29, 1.82) is 0 Å². The van der Waals surface area contributed by atoms with E-state index in [1.807, 2.05) is 13.0 Å². The molecule has 98 valence electrons. The molecular weight excluding hydrogens is 248 g/mol. The number of aryl methyl sites for hydroxylation is 2. The van der Waals surface area contributed by atoms with Crippen LogP contribution in [0.5, 0.6) is 0 Å². The number of ketones is 1. The maximum atomic E-state index is 13.8. The van der Waals surface area contributed by atoms with E-state index in [9.17, 15) is 13.6 Å². The predicted molar refractivity (Wildman–Crippen MR) is 70.1 cm³/mol. The van der Waals surface area contributed by atoms with Gasteiger partial charge in [-0.1, -0.05) is 17.7 Å². The van der Waals surface area contributed by atoms with E-state index in [4.69, 9.17) is 5.73 Å². The maximum absolute atomic E-state index is 13.8. The minimum Gasteiger partial charge on any atom is -0.396 e. The van der Waals surface area contributed by atoms with Crippen LogP contribution in [0.4, 0.5) is 14.5 Å². The van der Waals surface area contributed by atoms with Gasteiger partial charge in [-0.25, -0.2) is 8.78 Å². The summed E-state index contributed by atoms with van der Waals surface area (Å²) in [7, 11) is 0. The molecule has 2 aromatic carbocycles. The van der Waals surface area contributed by atoms with Gasteiger partial charge in [0.25, 0.3) is 0 Å². The van der Waals surface area contributed by atoms with Gasteiger partial charge < -0.3 is 5.73 Å². The molecule has 0 spiro atoms. The summed E-state index contributed by atoms with van der Waals surface area (Å²) in [5, 5.41) is 0. The Morgan fingerprint density at radius 1 is 1.11 bits per heavy atom. The molecule has 0 bridgehead atoms. The van der Waals surface area contributed by atoms with Crippen molar-refractivity contribution in [1.82, 2.24) is 0 Å². The van der Waals surface area contributed by atoms with E-state index in [0.717, 1.165) is 17.7 Å². The summed E-state index contributed by atoms with van der Waals surface area (Å²) in [6, 6.07) is 7.28. The largest absolute Gasteiger partial charge is 0.396 e. The summed E-state index contributed by atoms with van der Waals surface area (Å²) in [5.74, 6) is -2.60. The molecule has 2 aromatic rings. The van der Waals surface area contributed by atoms with E-state index in [1.54, 1.807) is 19.1 Å². The van der Waals surface area contributed by atoms with Crippen LogP contribution < -0.4 is 5.73 Å². The van der Waals surface area contributed by atoms with Crippen LogP contribution in [0.3, 0.4) is 0 Å². The van der Waals surface area contributed by atoms with E-state index < -0.39 is 23.0 Å². The lowest BCUT2D eigenvalue weighted by molar-refractivity contribution is 0.103. The number of nitrogens with two attached hydrogens (primary N) is 1. The molecule has 2 rings (SSSR count). The predicted octanol–water partition coefficient (Wildman–Crippen LogP) is 3.39. The molecule has 0 unspecified atom stereocenters. The number of carbonyl (C=O) groups is 1. The van der Waals surface area contributed by atoms with Crippen LogP contribution in [0.25, 0.3) is 0 Å². The summed E-state index contributed by atoms with van der Waals surface area (Å²) in [4.78, 5) is 12.3. The zero-order valence-electron chi connectivity index (χ0n) is 10.6. The fourth-order valence-electron chi connectivity index (χ4n) is 1.89. The van der Waals surface area contributed by atoms with Crippen molar-refractivity contribution >= 4 is 11.5 Å². The Hall–Kier alpha value is -2.23. The van der Waals surface area contributed by atoms with Crippen LogP contribution in [0.1, 0.15) is 27.0 Å². The monoisotopic (exact) mass is 261 g/mol. The molecule has 4 heteroatoms. The standard InChI is InChI=1S/C15H13F2NO/c1-8-3-4-9(2)10(7-8)15(19)13-11(16)5-6-12(18)14(13)17/h3-7H,18H2,1-2H3. The van der Waals surface area contributed by atoms with Gasteiger partial charge in [-0.2, -0.15) is 0 Å². The number of nitrogen functional groups attached to an aromatic ring is 1. The second kappa shape index (κ2) is 4.80. The first kappa shape index (κ1) is 13.2. The van der Waals surface area contributed by atoms with E-state index in [0.29, 0.717) is 5.56 Å². The van der Waals surface area contributed by atoms with Crippen molar-refractivity contribution in [3.05, 3.63) is 64.2 Å². The Morgan fingerprint density at radius 3 is 2.47 bits per heavy atom. The minimum absolute atomic E-state index is 0.241. The average Bonchev–Trinajstić information content (AvgIpc) is 2.37. The molecular formula is C15H13F2NO. The zero-order valence-corrected chi connectivity index (χ0v) is 10.6. The lowest BCUT2D eigenvalue weighted by Crippen LogP contribution is -2.11. The Morgan fingerprint density at radius 2 is 1.79 bits per heavy atom. The number of hydrogen-bond acceptors (Lipinski definition) is 2. The first-order valence-corrected chi connectivity index (χ1v) is 5.77. The van der Waals surface area contributed by atoms with Crippen LogP contribution in [-0.4, -0.2) is 5.78 Å². The second-order valence-electron chi connectivity index (χ2n) is 4.47. The van der Waals surface area contributed by atoms with Gasteiger partial charge in [0.1, 0.15) is 5.82 Å². The first-order chi connectivity index (χ1) is 8.91. The van der Waals surface area contributed by atoms with Crippen LogP contribution in [-0.2, 0) is 0 Å². The van der Waals surface area contributed by atoms with Gasteiger partial charge in [0.2, 0.25) is 0 Å². The normalized spacial score (nSPS) is 10.5. The highest BCUT2D eigenvalue weighted by Crippen LogP contribution is 2.23. The molecule has 0 aliphatic carbocycles. The Labute approximate surface area is 109 Å². The van der Waals surface area contributed by atoms with Crippen LogP contribution in [0.15, 0.2) is 30.3 Å². The molecule has 0 atom stereocenters. The van der Waals surface area contributed by atoms with E-state index in [2.05, 4.69) is 0 Å². The third-order valence-electron chi connectivity index (χ3n) is 2.99. The van der Waals surface area contributed by atoms with Crippen molar-refractivity contribution in [2.45, 2.75) is 13.8 Å². The average molecular weight is 261 g/mol. The second-order valence-corrected chi connectivity index (χ2v) is 4.47. The van der Waals surface area contributed by atoms with Gasteiger partial charge in [0.15, 0.2) is 11.6 Å². The van der Waals surface area contributed by atoms with Crippen molar-refractivity contribution in [2.75, 3.05) is 5.73 Å². The molecule has 0 amide bonds. The molecule has 0 saturated carbocycles. The molecule has 2 nitrogen and oxygen atoms in total. The molecule has 0 fully saturated rings. The molecule has 0 aliphatic rings. The zero-order chi connectivity index (χ0) is 14.2. The SMILES string of the molecule is Cc1ccc(C)c(C(=O)c2c(F)ccc(N)c2F)c1. The molecule has 0 saturated heterocycles. The molecule has 0 aliphatic heterocycles. The van der Waals surface area contributed by atoms with E-state index in [1.165, 1.54) is 0 Å². The third-order valence-corrected chi connectivity index (χ3v) is 2.99. The van der Waals surface area contributed by atoms with Crippen LogP contribution >= 0.6 is 0 Å². The molecule has 19 heavy (non-hydrogen) atoms. The molecule has 0 radical (unpaired) electrons. The third kappa shape index (κ3) is 2.34. The lowest BCUT2D eigenvalue weighted by Gasteiger charge is -2.09. The molecule has 0 heterocycles. The van der Waals surface area contributed by atoms with Gasteiger partial charge in [0.05, 0.1) is 11.3 Å². The number of hydrogen-bond donors (Lipinski definition) is 1. The van der Waals surface area contributed by atoms with Crippen LogP contribution in [0.2, 0.25) is 0 Å². The summed E-state index contributed by atoms with van der Waals surface area (Å²) < 4.78 is 27.5. The summed E-state index contributed by atoms with van der Waals surface area (Å²) in [5.41, 5.74) is 6.33. The number of benzene rings is 2. The smallest absolute Gasteiger partial charge is 0.199 e. The van der Waals surface area contributed by atoms with E-state index >= 15 is 0 Å². The van der Waals surface area contributed by atoms with E-state index in [-0.39, 0.29) is 11.3 Å². The topological polar surface area (TPSA) is 43.1 Å². The Bertz CT molecular complexity index is 665. The number of carbonyl (C=O) groups excluding carboxylic acids is 1.